The lowest BCUT2D eigenvalue weighted by Crippen LogP contribution is -2.37. The molecule has 1 aliphatic carbocycles. The fourth-order valence-corrected chi connectivity index (χ4v) is 4.41. The minimum absolute atomic E-state index is 0.211. The van der Waals surface area contributed by atoms with Crippen molar-refractivity contribution >= 4 is 28.7 Å². The Morgan fingerprint density at radius 1 is 1.05 bits per heavy atom. The summed E-state index contributed by atoms with van der Waals surface area (Å²) in [6, 6.07) is 12.0. The van der Waals surface area contributed by atoms with E-state index in [0.717, 1.165) is 36.1 Å². The predicted octanol–water partition coefficient (Wildman–Crippen LogP) is 5.49. The zero-order chi connectivity index (χ0) is 14.0. The van der Waals surface area contributed by atoms with Crippen LogP contribution in [0.2, 0.25) is 5.02 Å². The number of carbonyl (C=O) groups is 1. The first-order valence-corrected chi connectivity index (χ1v) is 8.33. The quantitative estimate of drug-likeness (QED) is 0.686. The van der Waals surface area contributed by atoms with E-state index >= 15 is 0 Å². The molecule has 0 spiro atoms. The van der Waals surface area contributed by atoms with Gasteiger partial charge in [-0.1, -0.05) is 61.2 Å². The Labute approximate surface area is 128 Å². The van der Waals surface area contributed by atoms with E-state index in [2.05, 4.69) is 12.1 Å². The molecule has 2 aromatic rings. The van der Waals surface area contributed by atoms with Gasteiger partial charge in [-0.05, 0) is 29.9 Å². The third-order valence-electron chi connectivity index (χ3n) is 4.29. The molecule has 1 saturated carbocycles. The van der Waals surface area contributed by atoms with Crippen LogP contribution in [0.1, 0.15) is 47.3 Å². The highest BCUT2D eigenvalue weighted by Crippen LogP contribution is 2.43. The molecule has 1 nitrogen and oxygen atoms in total. The molecule has 3 rings (SSSR count). The van der Waals surface area contributed by atoms with Gasteiger partial charge in [0, 0.05) is 0 Å². The van der Waals surface area contributed by atoms with E-state index in [-0.39, 0.29) is 11.2 Å². The molecule has 0 aliphatic heterocycles. The first kappa shape index (κ1) is 13.8. The topological polar surface area (TPSA) is 17.1 Å². The first-order valence-electron chi connectivity index (χ1n) is 7.07. The molecule has 0 atom stereocenters. The third kappa shape index (κ3) is 2.32. The number of carbonyl (C=O) groups excluding carboxylic acids is 1. The summed E-state index contributed by atoms with van der Waals surface area (Å²) in [5.74, 6) is 0.211. The zero-order valence-electron chi connectivity index (χ0n) is 11.3. The SMILES string of the molecule is O=C(c1sccc1Cl)C1(c2ccccc2)CCCCC1. The zero-order valence-corrected chi connectivity index (χ0v) is 12.8. The lowest BCUT2D eigenvalue weighted by atomic mass is 9.66. The van der Waals surface area contributed by atoms with Crippen LogP contribution in [0.3, 0.4) is 0 Å². The molecule has 1 aliphatic rings. The van der Waals surface area contributed by atoms with Crippen LogP contribution in [0.25, 0.3) is 0 Å². The summed E-state index contributed by atoms with van der Waals surface area (Å²) in [6.07, 6.45) is 5.32. The van der Waals surface area contributed by atoms with Gasteiger partial charge in [0.15, 0.2) is 5.78 Å². The first-order chi connectivity index (χ1) is 9.74. The van der Waals surface area contributed by atoms with Crippen molar-refractivity contribution in [1.82, 2.24) is 0 Å². The van der Waals surface area contributed by atoms with E-state index in [1.165, 1.54) is 17.8 Å². The lowest BCUT2D eigenvalue weighted by molar-refractivity contribution is 0.0844. The standard InChI is InChI=1S/C17H17ClOS/c18-14-9-12-20-15(14)16(19)17(10-5-2-6-11-17)13-7-3-1-4-8-13/h1,3-4,7-9,12H,2,5-6,10-11H2. The number of Topliss-reactive ketones (excluding diaryl/α,β-unsaturated/α-hetero) is 1. The van der Waals surface area contributed by atoms with Crippen molar-refractivity contribution in [3.8, 4) is 0 Å². The van der Waals surface area contributed by atoms with Gasteiger partial charge < -0.3 is 0 Å². The van der Waals surface area contributed by atoms with Crippen LogP contribution in [0, 0.1) is 0 Å². The molecule has 3 heteroatoms. The second-order valence-corrected chi connectivity index (χ2v) is 6.76. The number of halogens is 1. The highest BCUT2D eigenvalue weighted by molar-refractivity contribution is 7.12. The van der Waals surface area contributed by atoms with E-state index < -0.39 is 0 Å². The van der Waals surface area contributed by atoms with Crippen molar-refractivity contribution < 1.29 is 4.79 Å². The molecule has 20 heavy (non-hydrogen) atoms. The van der Waals surface area contributed by atoms with Crippen molar-refractivity contribution in [3.05, 3.63) is 57.2 Å². The molecule has 0 amide bonds. The highest BCUT2D eigenvalue weighted by atomic mass is 35.5. The predicted molar refractivity (Wildman–Crippen MR) is 84.9 cm³/mol. The lowest BCUT2D eigenvalue weighted by Gasteiger charge is -2.36. The summed E-state index contributed by atoms with van der Waals surface area (Å²) in [5.41, 5.74) is 0.780. The van der Waals surface area contributed by atoms with Crippen LogP contribution in [0.4, 0.5) is 0 Å². The second kappa shape index (κ2) is 5.71. The maximum absolute atomic E-state index is 13.1. The van der Waals surface area contributed by atoms with E-state index in [1.807, 2.05) is 29.6 Å². The van der Waals surface area contributed by atoms with Crippen LogP contribution in [0.5, 0.6) is 0 Å². The highest BCUT2D eigenvalue weighted by Gasteiger charge is 2.42. The summed E-state index contributed by atoms with van der Waals surface area (Å²) in [6.45, 7) is 0. The Bertz CT molecular complexity index is 596. The molecule has 1 heterocycles. The van der Waals surface area contributed by atoms with Gasteiger partial charge in [0.25, 0.3) is 0 Å². The molecular formula is C17H17ClOS. The van der Waals surface area contributed by atoms with Crippen molar-refractivity contribution in [1.29, 1.82) is 0 Å². The molecule has 1 aromatic heterocycles. The van der Waals surface area contributed by atoms with Gasteiger partial charge in [-0.25, -0.2) is 0 Å². The second-order valence-electron chi connectivity index (χ2n) is 5.44. The Morgan fingerprint density at radius 2 is 1.75 bits per heavy atom. The summed E-state index contributed by atoms with van der Waals surface area (Å²) in [7, 11) is 0. The number of benzene rings is 1. The molecule has 104 valence electrons. The number of thiophene rings is 1. The van der Waals surface area contributed by atoms with Crippen LogP contribution in [-0.2, 0) is 5.41 Å². The summed E-state index contributed by atoms with van der Waals surface area (Å²) < 4.78 is 0. The van der Waals surface area contributed by atoms with Gasteiger partial charge in [-0.3, -0.25) is 4.79 Å². The fraction of sp³-hybridized carbons (Fsp3) is 0.353. The Balaban J connectivity index is 2.07. The minimum Gasteiger partial charge on any atom is -0.292 e. The van der Waals surface area contributed by atoms with Crippen molar-refractivity contribution in [2.45, 2.75) is 37.5 Å². The van der Waals surface area contributed by atoms with Crippen LogP contribution >= 0.6 is 22.9 Å². The van der Waals surface area contributed by atoms with E-state index in [0.29, 0.717) is 5.02 Å². The Hall–Kier alpha value is -1.12. The average molecular weight is 305 g/mol. The molecule has 0 radical (unpaired) electrons. The average Bonchev–Trinajstić information content (AvgIpc) is 2.94. The van der Waals surface area contributed by atoms with Crippen molar-refractivity contribution in [3.63, 3.8) is 0 Å². The monoisotopic (exact) mass is 304 g/mol. The van der Waals surface area contributed by atoms with Gasteiger partial charge in [-0.15, -0.1) is 11.3 Å². The summed E-state index contributed by atoms with van der Waals surface area (Å²) in [5, 5.41) is 2.50. The van der Waals surface area contributed by atoms with Gasteiger partial charge in [-0.2, -0.15) is 0 Å². The maximum atomic E-state index is 13.1. The van der Waals surface area contributed by atoms with E-state index in [1.54, 1.807) is 0 Å². The molecule has 0 unspecified atom stereocenters. The van der Waals surface area contributed by atoms with Crippen LogP contribution in [0.15, 0.2) is 41.8 Å². The molecule has 0 saturated heterocycles. The summed E-state index contributed by atoms with van der Waals surface area (Å²) >= 11 is 7.66. The largest absolute Gasteiger partial charge is 0.292 e. The molecule has 0 N–H and O–H groups in total. The van der Waals surface area contributed by atoms with Crippen LogP contribution in [-0.4, -0.2) is 5.78 Å². The van der Waals surface area contributed by atoms with Gasteiger partial charge >= 0.3 is 0 Å². The summed E-state index contributed by atoms with van der Waals surface area (Å²) in [4.78, 5) is 13.8. The van der Waals surface area contributed by atoms with E-state index in [4.69, 9.17) is 11.6 Å². The van der Waals surface area contributed by atoms with Crippen LogP contribution < -0.4 is 0 Å². The normalized spacial score (nSPS) is 17.9. The number of rotatable bonds is 3. The Kier molecular flexibility index (Phi) is 3.95. The molecule has 1 aromatic carbocycles. The van der Waals surface area contributed by atoms with E-state index in [9.17, 15) is 4.79 Å². The van der Waals surface area contributed by atoms with Gasteiger partial charge in [0.05, 0.1) is 15.3 Å². The third-order valence-corrected chi connectivity index (χ3v) is 5.63. The molecule has 1 fully saturated rings. The number of ketones is 1. The van der Waals surface area contributed by atoms with Crippen molar-refractivity contribution in [2.24, 2.45) is 0 Å². The van der Waals surface area contributed by atoms with Crippen molar-refractivity contribution in [2.75, 3.05) is 0 Å². The maximum Gasteiger partial charge on any atom is 0.184 e. The Morgan fingerprint density at radius 3 is 2.35 bits per heavy atom. The minimum atomic E-state index is -0.367. The number of hydrogen-bond donors (Lipinski definition) is 0. The van der Waals surface area contributed by atoms with Gasteiger partial charge in [0.2, 0.25) is 0 Å². The van der Waals surface area contributed by atoms with Gasteiger partial charge in [0.1, 0.15) is 0 Å². The molecule has 0 bridgehead atoms. The number of hydrogen-bond acceptors (Lipinski definition) is 2. The molecular weight excluding hydrogens is 288 g/mol. The smallest absolute Gasteiger partial charge is 0.184 e. The fourth-order valence-electron chi connectivity index (χ4n) is 3.23.